The Kier molecular flexibility index (Phi) is 5.94. The van der Waals surface area contributed by atoms with E-state index in [1.165, 1.54) is 6.92 Å². The molecule has 0 saturated heterocycles. The molecule has 0 aromatic heterocycles. The van der Waals surface area contributed by atoms with Gasteiger partial charge >= 0.3 is 0 Å². The van der Waals surface area contributed by atoms with E-state index in [1.54, 1.807) is 13.0 Å². The standard InChI is InChI=1S/C21H19BrN2O4/c1-12(25)11-24-20(26)17(13(2)18(10-23)21(24)27)9-16-7-8-19(28-16)14-3-5-15(22)6-4-14/h3-9,12,16,19,25H,11H2,1-2H3/b17-9-. The number of nitrogens with zero attached hydrogens (tertiary/aromatic N) is 2. The summed E-state index contributed by atoms with van der Waals surface area (Å²) < 4.78 is 6.96. The summed E-state index contributed by atoms with van der Waals surface area (Å²) in [6.07, 6.45) is 3.75. The maximum atomic E-state index is 12.8. The molecule has 2 aliphatic heterocycles. The molecule has 7 heteroatoms. The normalized spacial score (nSPS) is 24.8. The first-order valence-corrected chi connectivity index (χ1v) is 9.57. The van der Waals surface area contributed by atoms with E-state index < -0.39 is 24.0 Å². The average Bonchev–Trinajstić information content (AvgIpc) is 3.12. The fourth-order valence-electron chi connectivity index (χ4n) is 3.16. The molecule has 1 N–H and O–H groups in total. The molecule has 0 saturated carbocycles. The van der Waals surface area contributed by atoms with Gasteiger partial charge in [-0.05, 0) is 43.2 Å². The van der Waals surface area contributed by atoms with Gasteiger partial charge < -0.3 is 9.84 Å². The van der Waals surface area contributed by atoms with E-state index in [-0.39, 0.29) is 23.8 Å². The number of hydrogen-bond acceptors (Lipinski definition) is 5. The van der Waals surface area contributed by atoms with Crippen molar-refractivity contribution >= 4 is 27.7 Å². The zero-order valence-corrected chi connectivity index (χ0v) is 17.0. The van der Waals surface area contributed by atoms with Crippen molar-refractivity contribution in [1.29, 1.82) is 5.26 Å². The van der Waals surface area contributed by atoms with Gasteiger partial charge in [-0.2, -0.15) is 5.26 Å². The number of β-amino-alcohol motifs (C(OH)–C–C–N with tert-alkyl or cyclic N) is 1. The summed E-state index contributed by atoms with van der Waals surface area (Å²) in [4.78, 5) is 26.1. The van der Waals surface area contributed by atoms with Gasteiger partial charge in [0.05, 0.1) is 18.8 Å². The number of rotatable bonds is 4. The molecule has 3 unspecified atom stereocenters. The van der Waals surface area contributed by atoms with Crippen LogP contribution >= 0.6 is 15.9 Å². The minimum absolute atomic E-state index is 0.0991. The molecule has 1 aromatic rings. The topological polar surface area (TPSA) is 90.6 Å². The van der Waals surface area contributed by atoms with E-state index in [9.17, 15) is 20.0 Å². The minimum Gasteiger partial charge on any atom is -0.392 e. The molecule has 3 rings (SSSR count). The monoisotopic (exact) mass is 442 g/mol. The van der Waals surface area contributed by atoms with E-state index >= 15 is 0 Å². The van der Waals surface area contributed by atoms with E-state index in [0.717, 1.165) is 14.9 Å². The summed E-state index contributed by atoms with van der Waals surface area (Å²) in [5.41, 5.74) is 1.44. The largest absolute Gasteiger partial charge is 0.392 e. The van der Waals surface area contributed by atoms with Crippen LogP contribution in [0.3, 0.4) is 0 Å². The van der Waals surface area contributed by atoms with Crippen LogP contribution in [0, 0.1) is 11.3 Å². The highest BCUT2D eigenvalue weighted by Crippen LogP contribution is 2.31. The van der Waals surface area contributed by atoms with Crippen molar-refractivity contribution in [3.8, 4) is 6.07 Å². The van der Waals surface area contributed by atoms with Crippen molar-refractivity contribution in [1.82, 2.24) is 4.90 Å². The molecule has 2 aliphatic rings. The van der Waals surface area contributed by atoms with Crippen LogP contribution in [0.4, 0.5) is 0 Å². The van der Waals surface area contributed by atoms with Crippen LogP contribution in [0.15, 0.2) is 63.7 Å². The van der Waals surface area contributed by atoms with Crippen molar-refractivity contribution in [3.63, 3.8) is 0 Å². The molecule has 2 amide bonds. The zero-order valence-electron chi connectivity index (χ0n) is 15.4. The second-order valence-corrected chi connectivity index (χ2v) is 7.64. The molecule has 28 heavy (non-hydrogen) atoms. The lowest BCUT2D eigenvalue weighted by Gasteiger charge is -2.28. The molecule has 0 radical (unpaired) electrons. The van der Waals surface area contributed by atoms with Gasteiger partial charge in [0, 0.05) is 10.0 Å². The Labute approximate surface area is 171 Å². The predicted octanol–water partition coefficient (Wildman–Crippen LogP) is 2.96. The van der Waals surface area contributed by atoms with Crippen molar-refractivity contribution in [3.05, 3.63) is 69.2 Å². The molecular weight excluding hydrogens is 424 g/mol. The number of benzene rings is 1. The first-order chi connectivity index (χ1) is 13.3. The fourth-order valence-corrected chi connectivity index (χ4v) is 3.42. The number of aliphatic hydroxyl groups is 1. The zero-order chi connectivity index (χ0) is 20.4. The number of hydrogen-bond donors (Lipinski definition) is 1. The van der Waals surface area contributed by atoms with Crippen LogP contribution in [-0.2, 0) is 14.3 Å². The highest BCUT2D eigenvalue weighted by Gasteiger charge is 2.36. The predicted molar refractivity (Wildman–Crippen MR) is 106 cm³/mol. The molecule has 2 heterocycles. The SMILES string of the molecule is CC1=C(C#N)C(=O)N(CC(C)O)C(=O)/C1=C\C1C=CC(c2ccc(Br)cc2)O1. The third-order valence-corrected chi connectivity index (χ3v) is 5.11. The van der Waals surface area contributed by atoms with Gasteiger partial charge in [-0.25, -0.2) is 0 Å². The molecular formula is C21H19BrN2O4. The maximum Gasteiger partial charge on any atom is 0.271 e. The number of amides is 2. The van der Waals surface area contributed by atoms with Crippen LogP contribution in [0.1, 0.15) is 25.5 Å². The number of nitriles is 1. The van der Waals surface area contributed by atoms with Crippen molar-refractivity contribution in [2.45, 2.75) is 32.2 Å². The summed E-state index contributed by atoms with van der Waals surface area (Å²) >= 11 is 3.40. The minimum atomic E-state index is -0.892. The van der Waals surface area contributed by atoms with E-state index in [2.05, 4.69) is 15.9 Å². The summed E-state index contributed by atoms with van der Waals surface area (Å²) in [6, 6.07) is 9.62. The summed E-state index contributed by atoms with van der Waals surface area (Å²) in [6.45, 7) is 2.88. The molecule has 1 aromatic carbocycles. The van der Waals surface area contributed by atoms with E-state index in [1.807, 2.05) is 42.5 Å². The highest BCUT2D eigenvalue weighted by molar-refractivity contribution is 9.10. The second kappa shape index (κ2) is 8.23. The number of aliphatic hydroxyl groups excluding tert-OH is 1. The number of carbonyl (C=O) groups excluding carboxylic acids is 2. The van der Waals surface area contributed by atoms with Crippen LogP contribution in [0.5, 0.6) is 0 Å². The maximum absolute atomic E-state index is 12.8. The Balaban J connectivity index is 1.88. The third kappa shape index (κ3) is 3.99. The van der Waals surface area contributed by atoms with Gasteiger partial charge in [0.2, 0.25) is 0 Å². The van der Waals surface area contributed by atoms with Crippen molar-refractivity contribution in [2.24, 2.45) is 0 Å². The molecule has 6 nitrogen and oxygen atoms in total. The Morgan fingerprint density at radius 2 is 1.96 bits per heavy atom. The molecule has 0 bridgehead atoms. The Hall–Kier alpha value is -2.53. The highest BCUT2D eigenvalue weighted by atomic mass is 79.9. The molecule has 144 valence electrons. The number of imide groups is 1. The Morgan fingerprint density at radius 1 is 1.29 bits per heavy atom. The van der Waals surface area contributed by atoms with Crippen molar-refractivity contribution in [2.75, 3.05) is 6.54 Å². The van der Waals surface area contributed by atoms with Gasteiger partial charge in [0.1, 0.15) is 17.7 Å². The number of carbonyl (C=O) groups is 2. The van der Waals surface area contributed by atoms with Crippen molar-refractivity contribution < 1.29 is 19.4 Å². The number of halogens is 1. The average molecular weight is 443 g/mol. The lowest BCUT2D eigenvalue weighted by Crippen LogP contribution is -2.46. The van der Waals surface area contributed by atoms with Gasteiger partial charge in [0.15, 0.2) is 0 Å². The molecule has 3 atom stereocenters. The van der Waals surface area contributed by atoms with Gasteiger partial charge in [-0.1, -0.05) is 40.2 Å². The molecule has 0 fully saturated rings. The lowest BCUT2D eigenvalue weighted by molar-refractivity contribution is -0.142. The van der Waals surface area contributed by atoms with Crippen LogP contribution in [-0.4, -0.2) is 40.6 Å². The van der Waals surface area contributed by atoms with E-state index in [0.29, 0.717) is 5.57 Å². The van der Waals surface area contributed by atoms with Crippen LogP contribution < -0.4 is 0 Å². The van der Waals surface area contributed by atoms with Crippen LogP contribution in [0.2, 0.25) is 0 Å². The van der Waals surface area contributed by atoms with Crippen LogP contribution in [0.25, 0.3) is 0 Å². The van der Waals surface area contributed by atoms with Gasteiger partial charge in [0.25, 0.3) is 11.8 Å². The first-order valence-electron chi connectivity index (χ1n) is 8.78. The quantitative estimate of drug-likeness (QED) is 0.439. The smallest absolute Gasteiger partial charge is 0.271 e. The lowest BCUT2D eigenvalue weighted by atomic mass is 9.94. The third-order valence-electron chi connectivity index (χ3n) is 4.58. The van der Waals surface area contributed by atoms with Gasteiger partial charge in [-0.15, -0.1) is 0 Å². The molecule has 0 aliphatic carbocycles. The fraction of sp³-hybridized carbons (Fsp3) is 0.286. The Morgan fingerprint density at radius 3 is 2.57 bits per heavy atom. The first kappa shape index (κ1) is 20.2. The van der Waals surface area contributed by atoms with Gasteiger partial charge in [-0.3, -0.25) is 14.5 Å². The number of ether oxygens (including phenoxy) is 1. The Bertz CT molecular complexity index is 938. The summed E-state index contributed by atoms with van der Waals surface area (Å²) in [7, 11) is 0. The summed E-state index contributed by atoms with van der Waals surface area (Å²) in [5, 5.41) is 19.0. The second-order valence-electron chi connectivity index (χ2n) is 6.72. The molecule has 0 spiro atoms. The summed E-state index contributed by atoms with van der Waals surface area (Å²) in [5.74, 6) is -1.22. The van der Waals surface area contributed by atoms with E-state index in [4.69, 9.17) is 4.74 Å².